The molecule has 0 fully saturated rings. The summed E-state index contributed by atoms with van der Waals surface area (Å²) >= 11 is 0. The minimum Gasteiger partial charge on any atom is -0.396 e. The normalized spacial score (nSPS) is 13.9. The Hall–Kier alpha value is -1.44. The van der Waals surface area contributed by atoms with E-state index in [0.29, 0.717) is 6.42 Å². The quantitative estimate of drug-likeness (QED) is 0.723. The summed E-state index contributed by atoms with van der Waals surface area (Å²) in [5.41, 5.74) is 5.04. The van der Waals surface area contributed by atoms with Gasteiger partial charge in [0.05, 0.1) is 4.90 Å². The first-order chi connectivity index (χ1) is 9.58. The van der Waals surface area contributed by atoms with Gasteiger partial charge in [-0.05, 0) is 36.1 Å². The second kappa shape index (κ2) is 6.55. The smallest absolute Gasteiger partial charge is 0.248 e. The summed E-state index contributed by atoms with van der Waals surface area (Å²) in [4.78, 5) is 11.0. The zero-order valence-corrected chi connectivity index (χ0v) is 13.3. The number of benzene rings is 1. The van der Waals surface area contributed by atoms with Gasteiger partial charge in [-0.25, -0.2) is 13.1 Å². The lowest BCUT2D eigenvalue weighted by Gasteiger charge is -2.30. The summed E-state index contributed by atoms with van der Waals surface area (Å²) in [6, 6.07) is 5.01. The number of sulfonamides is 1. The van der Waals surface area contributed by atoms with Crippen molar-refractivity contribution in [2.75, 3.05) is 6.61 Å². The number of amides is 1. The van der Waals surface area contributed by atoms with Crippen molar-refractivity contribution in [3.8, 4) is 0 Å². The van der Waals surface area contributed by atoms with Gasteiger partial charge in [0.25, 0.3) is 0 Å². The molecule has 1 aromatic carbocycles. The molecule has 0 aliphatic rings. The van der Waals surface area contributed by atoms with Gasteiger partial charge in [-0.2, -0.15) is 0 Å². The Balaban J connectivity index is 3.02. The van der Waals surface area contributed by atoms with E-state index in [-0.39, 0.29) is 22.5 Å². The maximum absolute atomic E-state index is 12.3. The molecule has 4 N–H and O–H groups in total. The van der Waals surface area contributed by atoms with Crippen molar-refractivity contribution in [3.05, 3.63) is 29.8 Å². The van der Waals surface area contributed by atoms with Crippen molar-refractivity contribution < 1.29 is 18.3 Å². The highest BCUT2D eigenvalue weighted by molar-refractivity contribution is 7.89. The van der Waals surface area contributed by atoms with Crippen LogP contribution >= 0.6 is 0 Å². The van der Waals surface area contributed by atoms with Crippen molar-refractivity contribution in [1.29, 1.82) is 0 Å². The highest BCUT2D eigenvalue weighted by Crippen LogP contribution is 2.23. The fourth-order valence-corrected chi connectivity index (χ4v) is 3.33. The molecule has 1 amide bonds. The highest BCUT2D eigenvalue weighted by Gasteiger charge is 2.29. The number of nitrogens with one attached hydrogen (secondary N) is 1. The van der Waals surface area contributed by atoms with Gasteiger partial charge < -0.3 is 10.8 Å². The first-order valence-electron chi connectivity index (χ1n) is 6.61. The lowest BCUT2D eigenvalue weighted by Crippen LogP contribution is -2.44. The molecule has 21 heavy (non-hydrogen) atoms. The van der Waals surface area contributed by atoms with Crippen LogP contribution in [0.25, 0.3) is 0 Å². The van der Waals surface area contributed by atoms with Crippen LogP contribution in [0.2, 0.25) is 0 Å². The van der Waals surface area contributed by atoms with E-state index < -0.39 is 22.0 Å². The number of rotatable bonds is 6. The number of nitrogens with two attached hydrogens (primary N) is 1. The third kappa shape index (κ3) is 4.80. The SMILES string of the molecule is CC(C)(C)C(CCO)NS(=O)(=O)c1ccc(C(N)=O)cc1. The Morgan fingerprint density at radius 3 is 2.19 bits per heavy atom. The van der Waals surface area contributed by atoms with Crippen LogP contribution in [0, 0.1) is 5.41 Å². The van der Waals surface area contributed by atoms with E-state index in [1.807, 2.05) is 20.8 Å². The van der Waals surface area contributed by atoms with Crippen LogP contribution in [0.15, 0.2) is 29.2 Å². The third-order valence-corrected chi connectivity index (χ3v) is 4.70. The average Bonchev–Trinajstić information content (AvgIpc) is 2.37. The number of carbonyl (C=O) groups is 1. The van der Waals surface area contributed by atoms with Crippen LogP contribution in [0.3, 0.4) is 0 Å². The summed E-state index contributed by atoms with van der Waals surface area (Å²) in [5, 5.41) is 9.08. The summed E-state index contributed by atoms with van der Waals surface area (Å²) in [7, 11) is -3.72. The highest BCUT2D eigenvalue weighted by atomic mass is 32.2. The van der Waals surface area contributed by atoms with E-state index in [1.165, 1.54) is 24.3 Å². The first-order valence-corrected chi connectivity index (χ1v) is 8.09. The third-order valence-electron chi connectivity index (χ3n) is 3.21. The van der Waals surface area contributed by atoms with E-state index >= 15 is 0 Å². The number of hydrogen-bond acceptors (Lipinski definition) is 4. The Kier molecular flexibility index (Phi) is 5.49. The van der Waals surface area contributed by atoms with Gasteiger partial charge in [-0.3, -0.25) is 4.79 Å². The topological polar surface area (TPSA) is 109 Å². The second-order valence-corrected chi connectivity index (χ2v) is 7.65. The van der Waals surface area contributed by atoms with Crippen molar-refractivity contribution in [2.45, 2.75) is 38.1 Å². The average molecular weight is 314 g/mol. The molecule has 1 atom stereocenters. The van der Waals surface area contributed by atoms with Crippen LogP contribution in [-0.2, 0) is 10.0 Å². The van der Waals surface area contributed by atoms with Crippen LogP contribution in [0.1, 0.15) is 37.6 Å². The molecule has 1 aromatic rings. The molecule has 0 saturated carbocycles. The van der Waals surface area contributed by atoms with Crippen molar-refractivity contribution in [1.82, 2.24) is 4.72 Å². The van der Waals surface area contributed by atoms with Crippen LogP contribution < -0.4 is 10.5 Å². The van der Waals surface area contributed by atoms with Crippen LogP contribution in [0.5, 0.6) is 0 Å². The minimum absolute atomic E-state index is 0.0553. The molecular formula is C14H22N2O4S. The van der Waals surface area contributed by atoms with Gasteiger partial charge in [0, 0.05) is 18.2 Å². The molecule has 0 aromatic heterocycles. The predicted octanol–water partition coefficient (Wildman–Crippen LogP) is 0.861. The van der Waals surface area contributed by atoms with Crippen molar-refractivity contribution in [2.24, 2.45) is 11.1 Å². The zero-order valence-electron chi connectivity index (χ0n) is 12.5. The molecule has 0 aliphatic carbocycles. The Morgan fingerprint density at radius 1 is 1.29 bits per heavy atom. The second-order valence-electron chi connectivity index (χ2n) is 5.94. The van der Waals surface area contributed by atoms with Gasteiger partial charge in [-0.1, -0.05) is 20.8 Å². The van der Waals surface area contributed by atoms with E-state index in [9.17, 15) is 13.2 Å². The van der Waals surface area contributed by atoms with Crippen LogP contribution in [0.4, 0.5) is 0 Å². The Morgan fingerprint density at radius 2 is 1.81 bits per heavy atom. The maximum Gasteiger partial charge on any atom is 0.248 e. The molecular weight excluding hydrogens is 292 g/mol. The first kappa shape index (κ1) is 17.6. The summed E-state index contributed by atoms with van der Waals surface area (Å²) in [6.45, 7) is 5.58. The molecule has 1 unspecified atom stereocenters. The fourth-order valence-electron chi connectivity index (χ4n) is 1.85. The number of carbonyl (C=O) groups excluding carboxylic acids is 1. The molecule has 7 heteroatoms. The lowest BCUT2D eigenvalue weighted by molar-refractivity contribution is 0.1000. The lowest BCUT2D eigenvalue weighted by atomic mass is 9.86. The molecule has 1 rings (SSSR count). The fraction of sp³-hybridized carbons (Fsp3) is 0.500. The van der Waals surface area contributed by atoms with E-state index in [2.05, 4.69) is 4.72 Å². The van der Waals surface area contributed by atoms with Gasteiger partial charge in [0.1, 0.15) is 0 Å². The predicted molar refractivity (Wildman–Crippen MR) is 80.2 cm³/mol. The molecule has 6 nitrogen and oxygen atoms in total. The standard InChI is InChI=1S/C14H22N2O4S/c1-14(2,3)12(8-9-17)16-21(19,20)11-6-4-10(5-7-11)13(15)18/h4-7,12,16-17H,8-9H2,1-3H3,(H2,15,18). The molecule has 0 radical (unpaired) electrons. The molecule has 0 heterocycles. The molecule has 0 saturated heterocycles. The molecule has 0 spiro atoms. The van der Waals surface area contributed by atoms with E-state index in [0.717, 1.165) is 0 Å². The summed E-state index contributed by atoms with van der Waals surface area (Å²) in [6.07, 6.45) is 0.322. The van der Waals surface area contributed by atoms with Crippen molar-refractivity contribution >= 4 is 15.9 Å². The van der Waals surface area contributed by atoms with Crippen LogP contribution in [-0.4, -0.2) is 32.1 Å². The van der Waals surface area contributed by atoms with Gasteiger partial charge in [0.15, 0.2) is 0 Å². The summed E-state index contributed by atoms with van der Waals surface area (Å²) < 4.78 is 27.3. The van der Waals surface area contributed by atoms with E-state index in [1.54, 1.807) is 0 Å². The number of primary amides is 1. The largest absolute Gasteiger partial charge is 0.396 e. The van der Waals surface area contributed by atoms with Gasteiger partial charge in [-0.15, -0.1) is 0 Å². The zero-order chi connectivity index (χ0) is 16.3. The van der Waals surface area contributed by atoms with Gasteiger partial charge >= 0.3 is 0 Å². The Bertz CT molecular complexity index is 588. The number of hydrogen-bond donors (Lipinski definition) is 3. The van der Waals surface area contributed by atoms with Gasteiger partial charge in [0.2, 0.25) is 15.9 Å². The monoisotopic (exact) mass is 314 g/mol. The number of aliphatic hydroxyl groups excluding tert-OH is 1. The molecule has 0 aliphatic heterocycles. The Labute approximate surface area is 125 Å². The minimum atomic E-state index is -3.72. The van der Waals surface area contributed by atoms with Crippen molar-refractivity contribution in [3.63, 3.8) is 0 Å². The molecule has 118 valence electrons. The summed E-state index contributed by atoms with van der Waals surface area (Å²) in [5.74, 6) is -0.611. The maximum atomic E-state index is 12.3. The number of aliphatic hydroxyl groups is 1. The molecule has 0 bridgehead atoms. The van der Waals surface area contributed by atoms with E-state index in [4.69, 9.17) is 10.8 Å².